The lowest BCUT2D eigenvalue weighted by Crippen LogP contribution is -2.09. The lowest BCUT2D eigenvalue weighted by molar-refractivity contribution is -0.142. The number of para-hydroxylation sites is 1. The number of benzene rings is 2. The highest BCUT2D eigenvalue weighted by molar-refractivity contribution is 5.79. The molecule has 0 amide bonds. The summed E-state index contributed by atoms with van der Waals surface area (Å²) in [7, 11) is 0. The third kappa shape index (κ3) is 3.34. The molecule has 0 aliphatic carbocycles. The first-order valence-electron chi connectivity index (χ1n) is 7.61. The molecule has 1 N–H and O–H groups in total. The molecule has 3 rings (SSSR count). The topological polar surface area (TPSA) is 56.1 Å². The largest absolute Gasteiger partial charge is 0.466 e. The van der Waals surface area contributed by atoms with Crippen molar-refractivity contribution in [2.24, 2.45) is 0 Å². The van der Waals surface area contributed by atoms with Crippen LogP contribution in [0.1, 0.15) is 18.1 Å². The number of anilines is 1. The fraction of sp³-hybridized carbons (Fsp3) is 0.222. The standard InChI is InChI=1S/C18H19N3O2/c1-3-23-18(22)11-14-8-9-17-16(10-14)19-12-21(17)20-15-7-5-4-6-13(15)2/h4-10,12,20H,3,11H2,1-2H3. The minimum Gasteiger partial charge on any atom is -0.466 e. The van der Waals surface area contributed by atoms with Crippen LogP contribution >= 0.6 is 0 Å². The first-order valence-corrected chi connectivity index (χ1v) is 7.61. The number of carbonyl (C=O) groups excluding carboxylic acids is 1. The number of ether oxygens (including phenoxy) is 1. The van der Waals surface area contributed by atoms with Crippen molar-refractivity contribution in [3.63, 3.8) is 0 Å². The third-order valence-electron chi connectivity index (χ3n) is 3.65. The van der Waals surface area contributed by atoms with E-state index < -0.39 is 0 Å². The number of hydrogen-bond donors (Lipinski definition) is 1. The first-order chi connectivity index (χ1) is 11.2. The van der Waals surface area contributed by atoms with Crippen LogP contribution in [0.3, 0.4) is 0 Å². The van der Waals surface area contributed by atoms with Gasteiger partial charge < -0.3 is 4.74 Å². The molecule has 0 fully saturated rings. The van der Waals surface area contributed by atoms with Crippen molar-refractivity contribution < 1.29 is 9.53 Å². The molecule has 3 aromatic rings. The van der Waals surface area contributed by atoms with Crippen LogP contribution in [-0.2, 0) is 16.0 Å². The molecule has 1 aromatic heterocycles. The van der Waals surface area contributed by atoms with Crippen LogP contribution in [0, 0.1) is 6.92 Å². The van der Waals surface area contributed by atoms with Gasteiger partial charge in [-0.15, -0.1) is 0 Å². The maximum atomic E-state index is 11.6. The number of nitrogens with one attached hydrogen (secondary N) is 1. The lowest BCUT2D eigenvalue weighted by atomic mass is 10.1. The number of imidazole rings is 1. The van der Waals surface area contributed by atoms with Crippen LogP contribution in [-0.4, -0.2) is 22.2 Å². The Morgan fingerprint density at radius 1 is 1.26 bits per heavy atom. The van der Waals surface area contributed by atoms with E-state index in [9.17, 15) is 4.79 Å². The molecule has 0 unspecified atom stereocenters. The molecule has 2 aromatic carbocycles. The molecule has 118 valence electrons. The Labute approximate surface area is 134 Å². The van der Waals surface area contributed by atoms with Crippen molar-refractivity contribution in [3.8, 4) is 0 Å². The molecular formula is C18H19N3O2. The van der Waals surface area contributed by atoms with Crippen molar-refractivity contribution in [3.05, 3.63) is 59.9 Å². The molecule has 0 aliphatic rings. The number of hydrogen-bond acceptors (Lipinski definition) is 4. The Kier molecular flexibility index (Phi) is 4.28. The van der Waals surface area contributed by atoms with Gasteiger partial charge >= 0.3 is 5.97 Å². The maximum absolute atomic E-state index is 11.6. The Balaban J connectivity index is 1.84. The number of fused-ring (bicyclic) bond motifs is 1. The number of rotatable bonds is 5. The minimum absolute atomic E-state index is 0.218. The zero-order valence-corrected chi connectivity index (χ0v) is 13.2. The molecule has 0 aliphatic heterocycles. The smallest absolute Gasteiger partial charge is 0.310 e. The van der Waals surface area contributed by atoms with Crippen LogP contribution in [0.25, 0.3) is 11.0 Å². The monoisotopic (exact) mass is 309 g/mol. The van der Waals surface area contributed by atoms with E-state index in [1.165, 1.54) is 0 Å². The van der Waals surface area contributed by atoms with E-state index in [1.54, 1.807) is 13.3 Å². The third-order valence-corrected chi connectivity index (χ3v) is 3.65. The molecule has 0 saturated carbocycles. The van der Waals surface area contributed by atoms with E-state index in [0.717, 1.165) is 27.8 Å². The van der Waals surface area contributed by atoms with Crippen molar-refractivity contribution in [1.82, 2.24) is 9.66 Å². The van der Waals surface area contributed by atoms with Crippen LogP contribution in [0.2, 0.25) is 0 Å². The molecule has 0 bridgehead atoms. The van der Waals surface area contributed by atoms with E-state index in [2.05, 4.69) is 23.4 Å². The predicted octanol–water partition coefficient (Wildman–Crippen LogP) is 3.33. The lowest BCUT2D eigenvalue weighted by Gasteiger charge is -2.11. The maximum Gasteiger partial charge on any atom is 0.310 e. The summed E-state index contributed by atoms with van der Waals surface area (Å²) in [5.74, 6) is -0.218. The van der Waals surface area contributed by atoms with Crippen LogP contribution in [0.15, 0.2) is 48.8 Å². The summed E-state index contributed by atoms with van der Waals surface area (Å²) < 4.78 is 6.86. The summed E-state index contributed by atoms with van der Waals surface area (Å²) in [5, 5.41) is 0. The summed E-state index contributed by atoms with van der Waals surface area (Å²) in [6.45, 7) is 4.26. The molecule has 5 heteroatoms. The van der Waals surface area contributed by atoms with Gasteiger partial charge in [0.05, 0.1) is 29.7 Å². The fourth-order valence-electron chi connectivity index (χ4n) is 2.46. The summed E-state index contributed by atoms with van der Waals surface area (Å²) in [5.41, 5.74) is 8.23. The SMILES string of the molecule is CCOC(=O)Cc1ccc2c(c1)ncn2Nc1ccccc1C. The van der Waals surface area contributed by atoms with Gasteiger partial charge in [0.2, 0.25) is 0 Å². The molecule has 1 heterocycles. The van der Waals surface area contributed by atoms with Crippen molar-refractivity contribution in [1.29, 1.82) is 0 Å². The summed E-state index contributed by atoms with van der Waals surface area (Å²) in [6, 6.07) is 13.9. The molecular weight excluding hydrogens is 290 g/mol. The predicted molar refractivity (Wildman–Crippen MR) is 90.3 cm³/mol. The Hall–Kier alpha value is -2.82. The van der Waals surface area contributed by atoms with Gasteiger partial charge in [-0.25, -0.2) is 9.66 Å². The van der Waals surface area contributed by atoms with E-state index in [4.69, 9.17) is 4.74 Å². The molecule has 0 atom stereocenters. The van der Waals surface area contributed by atoms with Crippen LogP contribution in [0.5, 0.6) is 0 Å². The van der Waals surface area contributed by atoms with Gasteiger partial charge in [-0.05, 0) is 43.2 Å². The van der Waals surface area contributed by atoms with Gasteiger partial charge in [0.1, 0.15) is 6.33 Å². The fourth-order valence-corrected chi connectivity index (χ4v) is 2.46. The zero-order valence-electron chi connectivity index (χ0n) is 13.2. The average Bonchev–Trinajstić information content (AvgIpc) is 2.92. The number of aryl methyl sites for hydroxylation is 1. The van der Waals surface area contributed by atoms with Gasteiger partial charge in [0.25, 0.3) is 0 Å². The second-order valence-electron chi connectivity index (χ2n) is 5.35. The normalized spacial score (nSPS) is 10.7. The van der Waals surface area contributed by atoms with E-state index >= 15 is 0 Å². The van der Waals surface area contributed by atoms with Gasteiger partial charge in [-0.1, -0.05) is 24.3 Å². The van der Waals surface area contributed by atoms with Gasteiger partial charge in [-0.2, -0.15) is 0 Å². The number of aromatic nitrogens is 2. The Morgan fingerprint density at radius 3 is 2.87 bits per heavy atom. The zero-order chi connectivity index (χ0) is 16.2. The van der Waals surface area contributed by atoms with Crippen molar-refractivity contribution >= 4 is 22.7 Å². The molecule has 5 nitrogen and oxygen atoms in total. The van der Waals surface area contributed by atoms with Gasteiger partial charge in [0, 0.05) is 0 Å². The van der Waals surface area contributed by atoms with E-state index in [0.29, 0.717) is 6.61 Å². The van der Waals surface area contributed by atoms with Crippen molar-refractivity contribution in [2.75, 3.05) is 12.0 Å². The number of esters is 1. The Bertz CT molecular complexity index is 839. The van der Waals surface area contributed by atoms with E-state index in [-0.39, 0.29) is 12.4 Å². The number of nitrogens with zero attached hydrogens (tertiary/aromatic N) is 2. The Morgan fingerprint density at radius 2 is 2.09 bits per heavy atom. The summed E-state index contributed by atoms with van der Waals surface area (Å²) in [6.07, 6.45) is 2.01. The molecule has 0 radical (unpaired) electrons. The average molecular weight is 309 g/mol. The summed E-state index contributed by atoms with van der Waals surface area (Å²) in [4.78, 5) is 16.0. The number of carbonyl (C=O) groups is 1. The first kappa shape index (κ1) is 15.1. The molecule has 0 saturated heterocycles. The summed E-state index contributed by atoms with van der Waals surface area (Å²) >= 11 is 0. The van der Waals surface area contributed by atoms with Gasteiger partial charge in [-0.3, -0.25) is 10.2 Å². The second kappa shape index (κ2) is 6.52. The molecule has 23 heavy (non-hydrogen) atoms. The highest BCUT2D eigenvalue weighted by Crippen LogP contribution is 2.18. The quantitative estimate of drug-likeness (QED) is 0.735. The van der Waals surface area contributed by atoms with Gasteiger partial charge in [0.15, 0.2) is 0 Å². The van der Waals surface area contributed by atoms with E-state index in [1.807, 2.05) is 41.1 Å². The van der Waals surface area contributed by atoms with Crippen LogP contribution < -0.4 is 5.43 Å². The molecule has 0 spiro atoms. The highest BCUT2D eigenvalue weighted by atomic mass is 16.5. The van der Waals surface area contributed by atoms with Crippen LogP contribution in [0.4, 0.5) is 5.69 Å². The highest BCUT2D eigenvalue weighted by Gasteiger charge is 2.08. The van der Waals surface area contributed by atoms with Crippen molar-refractivity contribution in [2.45, 2.75) is 20.3 Å². The minimum atomic E-state index is -0.218. The second-order valence-corrected chi connectivity index (χ2v) is 5.35.